The van der Waals surface area contributed by atoms with Crippen molar-refractivity contribution >= 4 is 17.7 Å². The van der Waals surface area contributed by atoms with Gasteiger partial charge in [0.05, 0.1) is 5.75 Å². The van der Waals surface area contributed by atoms with Crippen molar-refractivity contribution in [3.63, 3.8) is 0 Å². The number of ether oxygens (including phenoxy) is 1. The Hall–Kier alpha value is -2.02. The van der Waals surface area contributed by atoms with Crippen molar-refractivity contribution in [2.45, 2.75) is 56.9 Å². The number of carbonyl (C=O) groups is 1. The van der Waals surface area contributed by atoms with Gasteiger partial charge in [0, 0.05) is 6.04 Å². The molecule has 1 fully saturated rings. The first-order valence-corrected chi connectivity index (χ1v) is 9.61. The van der Waals surface area contributed by atoms with Gasteiger partial charge >= 0.3 is 0 Å². The third kappa shape index (κ3) is 5.77. The maximum absolute atomic E-state index is 12.0. The smallest absolute Gasteiger partial charge is 0.277 e. The highest BCUT2D eigenvalue weighted by Crippen LogP contribution is 2.20. The molecule has 0 saturated heterocycles. The predicted octanol–water partition coefficient (Wildman–Crippen LogP) is 3.50. The standard InChI is InChI=1S/C18H23N3O3S/c1-13-7-9-15(10-8-13)23-11-17-20-21-18(24-17)25-12-16(22)19-14-5-3-2-4-6-14/h7-10,14H,2-6,11-12H2,1H3,(H,19,22). The van der Waals surface area contributed by atoms with Crippen LogP contribution in [0.25, 0.3) is 0 Å². The van der Waals surface area contributed by atoms with E-state index in [-0.39, 0.29) is 18.3 Å². The number of aromatic nitrogens is 2. The summed E-state index contributed by atoms with van der Waals surface area (Å²) in [4.78, 5) is 12.0. The molecule has 0 bridgehead atoms. The van der Waals surface area contributed by atoms with E-state index in [0.717, 1.165) is 18.6 Å². The van der Waals surface area contributed by atoms with E-state index in [2.05, 4.69) is 15.5 Å². The van der Waals surface area contributed by atoms with E-state index in [1.807, 2.05) is 31.2 Å². The molecule has 1 saturated carbocycles. The van der Waals surface area contributed by atoms with E-state index in [0.29, 0.717) is 17.2 Å². The molecule has 1 aromatic carbocycles. The SMILES string of the molecule is Cc1ccc(OCc2nnc(SCC(=O)NC3CCCCC3)o2)cc1. The summed E-state index contributed by atoms with van der Waals surface area (Å²) in [5, 5.41) is 11.4. The monoisotopic (exact) mass is 361 g/mol. The molecule has 0 unspecified atom stereocenters. The first kappa shape index (κ1) is 17.8. The van der Waals surface area contributed by atoms with Gasteiger partial charge in [0.25, 0.3) is 11.1 Å². The molecule has 1 aliphatic carbocycles. The minimum atomic E-state index is 0.0209. The summed E-state index contributed by atoms with van der Waals surface area (Å²) in [5.41, 5.74) is 1.18. The summed E-state index contributed by atoms with van der Waals surface area (Å²) < 4.78 is 11.1. The van der Waals surface area contributed by atoms with Crippen LogP contribution in [0.15, 0.2) is 33.9 Å². The largest absolute Gasteiger partial charge is 0.484 e. The van der Waals surface area contributed by atoms with Crippen LogP contribution in [-0.2, 0) is 11.4 Å². The van der Waals surface area contributed by atoms with Gasteiger partial charge in [0.15, 0.2) is 6.61 Å². The summed E-state index contributed by atoms with van der Waals surface area (Å²) in [6, 6.07) is 8.08. The molecule has 1 amide bonds. The average molecular weight is 361 g/mol. The molecule has 7 heteroatoms. The number of nitrogens with one attached hydrogen (secondary N) is 1. The van der Waals surface area contributed by atoms with Crippen LogP contribution in [0, 0.1) is 6.92 Å². The Kier molecular flexibility index (Phi) is 6.33. The number of nitrogens with zero attached hydrogens (tertiary/aromatic N) is 2. The van der Waals surface area contributed by atoms with Gasteiger partial charge in [-0.3, -0.25) is 4.79 Å². The van der Waals surface area contributed by atoms with E-state index in [1.165, 1.54) is 36.6 Å². The lowest BCUT2D eigenvalue weighted by Gasteiger charge is -2.22. The van der Waals surface area contributed by atoms with E-state index in [9.17, 15) is 4.79 Å². The van der Waals surface area contributed by atoms with Crippen LogP contribution in [0.2, 0.25) is 0 Å². The average Bonchev–Trinajstić information content (AvgIpc) is 3.08. The minimum absolute atomic E-state index is 0.0209. The Labute approximate surface area is 151 Å². The lowest BCUT2D eigenvalue weighted by molar-refractivity contribution is -0.119. The van der Waals surface area contributed by atoms with Crippen molar-refractivity contribution in [2.24, 2.45) is 0 Å². The highest BCUT2D eigenvalue weighted by Gasteiger charge is 2.16. The van der Waals surface area contributed by atoms with Gasteiger partial charge < -0.3 is 14.5 Å². The summed E-state index contributed by atoms with van der Waals surface area (Å²) in [6.45, 7) is 2.24. The van der Waals surface area contributed by atoms with E-state index < -0.39 is 0 Å². The summed E-state index contributed by atoms with van der Waals surface area (Å²) in [6.07, 6.45) is 5.84. The fourth-order valence-corrected chi connectivity index (χ4v) is 3.37. The summed E-state index contributed by atoms with van der Waals surface area (Å²) >= 11 is 1.25. The molecule has 0 atom stereocenters. The van der Waals surface area contributed by atoms with Crippen LogP contribution >= 0.6 is 11.8 Å². The number of hydrogen-bond acceptors (Lipinski definition) is 6. The molecule has 1 heterocycles. The Morgan fingerprint density at radius 3 is 2.76 bits per heavy atom. The molecule has 1 N–H and O–H groups in total. The lowest BCUT2D eigenvalue weighted by Crippen LogP contribution is -2.37. The summed E-state index contributed by atoms with van der Waals surface area (Å²) in [5.74, 6) is 1.46. The molecular weight excluding hydrogens is 338 g/mol. The van der Waals surface area contributed by atoms with Gasteiger partial charge in [-0.1, -0.05) is 48.7 Å². The highest BCUT2D eigenvalue weighted by molar-refractivity contribution is 7.99. The maximum Gasteiger partial charge on any atom is 0.277 e. The third-order valence-electron chi connectivity index (χ3n) is 4.13. The van der Waals surface area contributed by atoms with Crippen molar-refractivity contribution < 1.29 is 13.9 Å². The maximum atomic E-state index is 12.0. The Balaban J connectivity index is 1.40. The summed E-state index contributed by atoms with van der Waals surface area (Å²) in [7, 11) is 0. The van der Waals surface area contributed by atoms with Crippen LogP contribution in [0.4, 0.5) is 0 Å². The van der Waals surface area contributed by atoms with Crippen LogP contribution in [0.5, 0.6) is 5.75 Å². The second-order valence-corrected chi connectivity index (χ2v) is 7.18. The molecule has 134 valence electrons. The van der Waals surface area contributed by atoms with Crippen molar-refractivity contribution in [1.29, 1.82) is 0 Å². The van der Waals surface area contributed by atoms with E-state index in [1.54, 1.807) is 0 Å². The number of aryl methyl sites for hydroxylation is 1. The second kappa shape index (κ2) is 8.89. The zero-order chi connectivity index (χ0) is 17.5. The molecule has 2 aromatic rings. The molecule has 0 aliphatic heterocycles. The van der Waals surface area contributed by atoms with E-state index in [4.69, 9.17) is 9.15 Å². The quantitative estimate of drug-likeness (QED) is 0.761. The van der Waals surface area contributed by atoms with Crippen LogP contribution in [0.3, 0.4) is 0 Å². The molecule has 0 spiro atoms. The van der Waals surface area contributed by atoms with Gasteiger partial charge in [-0.25, -0.2) is 0 Å². The van der Waals surface area contributed by atoms with Gasteiger partial charge in [0.1, 0.15) is 5.75 Å². The highest BCUT2D eigenvalue weighted by atomic mass is 32.2. The zero-order valence-corrected chi connectivity index (χ0v) is 15.2. The number of benzene rings is 1. The van der Waals surface area contributed by atoms with Crippen LogP contribution in [0.1, 0.15) is 43.6 Å². The Morgan fingerprint density at radius 1 is 1.24 bits per heavy atom. The number of thioether (sulfide) groups is 1. The molecule has 1 aromatic heterocycles. The molecule has 3 rings (SSSR count). The predicted molar refractivity (Wildman–Crippen MR) is 95.5 cm³/mol. The minimum Gasteiger partial charge on any atom is -0.484 e. The van der Waals surface area contributed by atoms with Crippen molar-refractivity contribution in [2.75, 3.05) is 5.75 Å². The Morgan fingerprint density at radius 2 is 2.00 bits per heavy atom. The number of carbonyl (C=O) groups excluding carboxylic acids is 1. The molecule has 6 nitrogen and oxygen atoms in total. The van der Waals surface area contributed by atoms with Crippen LogP contribution < -0.4 is 10.1 Å². The Bertz CT molecular complexity index is 681. The first-order valence-electron chi connectivity index (χ1n) is 8.63. The number of hydrogen-bond donors (Lipinski definition) is 1. The van der Waals surface area contributed by atoms with E-state index >= 15 is 0 Å². The van der Waals surface area contributed by atoms with Crippen molar-refractivity contribution in [3.8, 4) is 5.75 Å². The van der Waals surface area contributed by atoms with Gasteiger partial charge in [-0.2, -0.15) is 0 Å². The molecule has 1 aliphatic rings. The first-order chi connectivity index (χ1) is 12.2. The third-order valence-corrected chi connectivity index (χ3v) is 4.95. The van der Waals surface area contributed by atoms with Crippen LogP contribution in [-0.4, -0.2) is 27.9 Å². The fourth-order valence-electron chi connectivity index (χ4n) is 2.78. The fraction of sp³-hybridized carbons (Fsp3) is 0.500. The van der Waals surface area contributed by atoms with Crippen molar-refractivity contribution in [3.05, 3.63) is 35.7 Å². The van der Waals surface area contributed by atoms with Crippen molar-refractivity contribution in [1.82, 2.24) is 15.5 Å². The number of rotatable bonds is 7. The normalized spacial score (nSPS) is 15.1. The van der Waals surface area contributed by atoms with Gasteiger partial charge in [-0.05, 0) is 31.9 Å². The topological polar surface area (TPSA) is 77.2 Å². The molecular formula is C18H23N3O3S. The van der Waals surface area contributed by atoms with Gasteiger partial charge in [-0.15, -0.1) is 10.2 Å². The number of amides is 1. The zero-order valence-electron chi connectivity index (χ0n) is 14.4. The molecule has 25 heavy (non-hydrogen) atoms. The molecule has 0 radical (unpaired) electrons. The van der Waals surface area contributed by atoms with Gasteiger partial charge in [0.2, 0.25) is 5.91 Å². The lowest BCUT2D eigenvalue weighted by atomic mass is 9.95. The second-order valence-electron chi connectivity index (χ2n) is 6.25.